The first-order valence-electron chi connectivity index (χ1n) is 18.7. The Morgan fingerprint density at radius 1 is 0.264 bits per heavy atom. The van der Waals surface area contributed by atoms with Crippen molar-refractivity contribution in [3.63, 3.8) is 0 Å². The van der Waals surface area contributed by atoms with Gasteiger partial charge in [-0.05, 0) is 132 Å². The molecule has 0 heterocycles. The Morgan fingerprint density at radius 2 is 0.792 bits per heavy atom. The van der Waals surface area contributed by atoms with Crippen molar-refractivity contribution >= 4 is 64.6 Å². The number of hydrogen-bond donors (Lipinski definition) is 0. The lowest BCUT2D eigenvalue weighted by Crippen LogP contribution is -2.26. The topological polar surface area (TPSA) is 0 Å². The van der Waals surface area contributed by atoms with Crippen molar-refractivity contribution in [1.82, 2.24) is 0 Å². The highest BCUT2D eigenvalue weighted by molar-refractivity contribution is 6.33. The largest absolute Gasteiger partial charge is 0.0731 e. The van der Waals surface area contributed by atoms with Gasteiger partial charge in [-0.25, -0.2) is 0 Å². The lowest BCUT2D eigenvalue weighted by atomic mass is 9.68. The van der Waals surface area contributed by atoms with Gasteiger partial charge in [0.05, 0.1) is 5.41 Å². The fraction of sp³-hybridized carbons (Fsp3) is 0.0189. The van der Waals surface area contributed by atoms with Gasteiger partial charge in [0, 0.05) is 0 Å². The van der Waals surface area contributed by atoms with Crippen molar-refractivity contribution in [3.05, 3.63) is 204 Å². The molecule has 0 nitrogen and oxygen atoms in total. The quantitative estimate of drug-likeness (QED) is 0.153. The minimum Gasteiger partial charge on any atom is -0.0619 e. The van der Waals surface area contributed by atoms with Crippen LogP contribution in [0.2, 0.25) is 0 Å². The highest BCUT2D eigenvalue weighted by atomic mass is 14.5. The second-order valence-corrected chi connectivity index (χ2v) is 15.0. The van der Waals surface area contributed by atoms with Crippen LogP contribution in [-0.4, -0.2) is 0 Å². The maximum Gasteiger partial charge on any atom is 0.0731 e. The molecule has 0 N–H and O–H groups in total. The average Bonchev–Trinajstić information content (AvgIpc) is 3.70. The Kier molecular flexibility index (Phi) is 5.14. The van der Waals surface area contributed by atoms with Gasteiger partial charge < -0.3 is 0 Å². The van der Waals surface area contributed by atoms with Crippen LogP contribution in [-0.2, 0) is 5.41 Å². The third-order valence-electron chi connectivity index (χ3n) is 12.8. The standard InChI is InChI=1S/C53H30/c1-2-15-33-31(13-1)27-28-36-34-16-3-4-17-35(34)45(30-44(33)36)43-29-32-14-11-22-41-49(32)50-39(43)21-12-23-42(50)52-51(41)40-20-7-10-26-48(40)53(52)46-24-8-5-18-37(46)38-19-6-9-25-47(38)53/h1-30H. The predicted molar refractivity (Wildman–Crippen MR) is 224 cm³/mol. The summed E-state index contributed by atoms with van der Waals surface area (Å²) in [7, 11) is 0. The third-order valence-corrected chi connectivity index (χ3v) is 12.8. The fourth-order valence-electron chi connectivity index (χ4n) is 10.9. The van der Waals surface area contributed by atoms with E-state index in [0.717, 1.165) is 0 Å². The molecular weight excluding hydrogens is 637 g/mol. The molecule has 1 spiro atoms. The Balaban J connectivity index is 1.24. The molecule has 0 aliphatic heterocycles. The summed E-state index contributed by atoms with van der Waals surface area (Å²) in [6.07, 6.45) is 0. The summed E-state index contributed by atoms with van der Waals surface area (Å²) < 4.78 is 0. The van der Waals surface area contributed by atoms with Gasteiger partial charge in [0.25, 0.3) is 0 Å². The normalized spacial score (nSPS) is 13.8. The second kappa shape index (κ2) is 9.76. The molecule has 0 unspecified atom stereocenters. The van der Waals surface area contributed by atoms with Crippen molar-refractivity contribution in [2.24, 2.45) is 0 Å². The van der Waals surface area contributed by atoms with Crippen molar-refractivity contribution in [1.29, 1.82) is 0 Å². The number of fused-ring (bicyclic) bond motifs is 17. The molecule has 0 amide bonds. The fourth-order valence-corrected chi connectivity index (χ4v) is 10.9. The van der Waals surface area contributed by atoms with Crippen LogP contribution in [0.1, 0.15) is 22.3 Å². The molecule has 11 aromatic carbocycles. The molecule has 2 aliphatic carbocycles. The summed E-state index contributed by atoms with van der Waals surface area (Å²) in [6, 6.07) is 69.0. The van der Waals surface area contributed by atoms with Crippen molar-refractivity contribution in [2.45, 2.75) is 5.41 Å². The zero-order chi connectivity index (χ0) is 34.4. The van der Waals surface area contributed by atoms with Crippen LogP contribution >= 0.6 is 0 Å². The minimum atomic E-state index is -0.419. The van der Waals surface area contributed by atoms with Crippen LogP contribution < -0.4 is 0 Å². The molecule has 0 bridgehead atoms. The molecule has 2 aliphatic rings. The molecule has 0 aromatic heterocycles. The highest BCUT2D eigenvalue weighted by Gasteiger charge is 2.53. The van der Waals surface area contributed by atoms with Crippen molar-refractivity contribution in [3.8, 4) is 33.4 Å². The van der Waals surface area contributed by atoms with Gasteiger partial charge in [-0.15, -0.1) is 0 Å². The van der Waals surface area contributed by atoms with E-state index in [1.165, 1.54) is 120 Å². The highest BCUT2D eigenvalue weighted by Crippen LogP contribution is 2.66. The maximum atomic E-state index is 2.48. The summed E-state index contributed by atoms with van der Waals surface area (Å²) in [5.41, 5.74) is 13.1. The molecule has 0 saturated heterocycles. The van der Waals surface area contributed by atoms with Crippen LogP contribution in [0.15, 0.2) is 182 Å². The Bertz CT molecular complexity index is 3350. The third kappa shape index (κ3) is 3.25. The summed E-state index contributed by atoms with van der Waals surface area (Å²) in [4.78, 5) is 0. The van der Waals surface area contributed by atoms with Crippen LogP contribution in [0.25, 0.3) is 98.0 Å². The molecule has 53 heavy (non-hydrogen) atoms. The Hall–Kier alpha value is -6.76. The summed E-state index contributed by atoms with van der Waals surface area (Å²) >= 11 is 0. The first-order valence-corrected chi connectivity index (χ1v) is 18.7. The van der Waals surface area contributed by atoms with Gasteiger partial charge in [0.1, 0.15) is 0 Å². The summed E-state index contributed by atoms with van der Waals surface area (Å²) in [6.45, 7) is 0. The van der Waals surface area contributed by atoms with Crippen LogP contribution in [0, 0.1) is 0 Å². The second-order valence-electron chi connectivity index (χ2n) is 15.0. The summed E-state index contributed by atoms with van der Waals surface area (Å²) in [5, 5.41) is 15.8. The van der Waals surface area contributed by atoms with E-state index >= 15 is 0 Å². The molecule has 0 fully saturated rings. The van der Waals surface area contributed by atoms with Crippen LogP contribution in [0.3, 0.4) is 0 Å². The van der Waals surface area contributed by atoms with E-state index in [0.29, 0.717) is 0 Å². The van der Waals surface area contributed by atoms with Crippen LogP contribution in [0.5, 0.6) is 0 Å². The molecule has 0 atom stereocenters. The van der Waals surface area contributed by atoms with Crippen molar-refractivity contribution < 1.29 is 0 Å². The van der Waals surface area contributed by atoms with E-state index in [1.54, 1.807) is 0 Å². The predicted octanol–water partition coefficient (Wildman–Crippen LogP) is 14.1. The lowest BCUT2D eigenvalue weighted by Gasteiger charge is -2.32. The number of benzene rings is 11. The van der Waals surface area contributed by atoms with E-state index in [1.807, 2.05) is 0 Å². The summed E-state index contributed by atoms with van der Waals surface area (Å²) in [5.74, 6) is 0. The molecule has 0 saturated carbocycles. The van der Waals surface area contributed by atoms with Gasteiger partial charge in [-0.1, -0.05) is 170 Å². The Morgan fingerprint density at radius 3 is 1.58 bits per heavy atom. The van der Waals surface area contributed by atoms with Gasteiger partial charge >= 0.3 is 0 Å². The lowest BCUT2D eigenvalue weighted by molar-refractivity contribution is 0.802. The van der Waals surface area contributed by atoms with Crippen LogP contribution in [0.4, 0.5) is 0 Å². The SMILES string of the molecule is c1ccc2c(c1)-c1ccccc1C21c2ccccc2-c2c1c1cccc3c(-c4cc5c6ccccc6ccc5c5ccccc45)cc4cccc2c4c31. The van der Waals surface area contributed by atoms with E-state index in [-0.39, 0.29) is 0 Å². The van der Waals surface area contributed by atoms with E-state index in [4.69, 9.17) is 0 Å². The zero-order valence-electron chi connectivity index (χ0n) is 28.8. The minimum absolute atomic E-state index is 0.419. The Labute approximate surface area is 306 Å². The van der Waals surface area contributed by atoms with Gasteiger partial charge in [-0.2, -0.15) is 0 Å². The first-order chi connectivity index (χ1) is 26.3. The molecule has 242 valence electrons. The molecular formula is C53H30. The molecule has 0 radical (unpaired) electrons. The number of rotatable bonds is 1. The van der Waals surface area contributed by atoms with E-state index in [9.17, 15) is 0 Å². The van der Waals surface area contributed by atoms with Gasteiger partial charge in [-0.3, -0.25) is 0 Å². The average molecular weight is 667 g/mol. The van der Waals surface area contributed by atoms with E-state index in [2.05, 4.69) is 182 Å². The first kappa shape index (κ1) is 27.9. The number of hydrogen-bond acceptors (Lipinski definition) is 0. The van der Waals surface area contributed by atoms with Gasteiger partial charge in [0.2, 0.25) is 0 Å². The maximum absolute atomic E-state index is 2.48. The van der Waals surface area contributed by atoms with Crippen molar-refractivity contribution in [2.75, 3.05) is 0 Å². The van der Waals surface area contributed by atoms with E-state index < -0.39 is 5.41 Å². The molecule has 11 aromatic rings. The monoisotopic (exact) mass is 666 g/mol. The van der Waals surface area contributed by atoms with Gasteiger partial charge in [0.15, 0.2) is 0 Å². The molecule has 0 heteroatoms. The smallest absolute Gasteiger partial charge is 0.0619 e. The molecule has 13 rings (SSSR count). The zero-order valence-corrected chi connectivity index (χ0v) is 28.8.